The minimum absolute atomic E-state index is 0.180. The lowest BCUT2D eigenvalue weighted by Crippen LogP contribution is -2.55. The second-order valence-electron chi connectivity index (χ2n) is 8.27. The molecule has 0 aromatic heterocycles. The summed E-state index contributed by atoms with van der Waals surface area (Å²) in [6.07, 6.45) is 8.08. The van der Waals surface area contributed by atoms with Gasteiger partial charge in [-0.1, -0.05) is 19.3 Å². The van der Waals surface area contributed by atoms with Crippen LogP contribution in [0.4, 0.5) is 4.79 Å². The number of likely N-dealkylation sites (N-methyl/N-ethyl adjacent to an activating group) is 1. The molecule has 3 unspecified atom stereocenters. The molecule has 0 bridgehead atoms. The Balaban J connectivity index is 1.92. The number of amides is 1. The zero-order valence-corrected chi connectivity index (χ0v) is 15.4. The predicted octanol–water partition coefficient (Wildman–Crippen LogP) is 2.90. The van der Waals surface area contributed by atoms with Crippen molar-refractivity contribution in [1.82, 2.24) is 15.5 Å². The summed E-state index contributed by atoms with van der Waals surface area (Å²) < 4.78 is 5.45. The van der Waals surface area contributed by atoms with Gasteiger partial charge in [0.2, 0.25) is 0 Å². The van der Waals surface area contributed by atoms with Crippen molar-refractivity contribution < 1.29 is 9.53 Å². The molecule has 2 aliphatic rings. The van der Waals surface area contributed by atoms with E-state index < -0.39 is 5.60 Å². The minimum Gasteiger partial charge on any atom is -0.444 e. The van der Waals surface area contributed by atoms with E-state index in [1.54, 1.807) is 0 Å². The molecule has 3 atom stereocenters. The van der Waals surface area contributed by atoms with Crippen LogP contribution in [0.25, 0.3) is 0 Å². The Hall–Kier alpha value is -0.810. The molecule has 0 aromatic rings. The van der Waals surface area contributed by atoms with E-state index in [0.717, 1.165) is 19.4 Å². The highest BCUT2D eigenvalue weighted by Gasteiger charge is 2.29. The van der Waals surface area contributed by atoms with E-state index in [1.165, 1.54) is 38.6 Å². The number of carbonyl (C=O) groups is 1. The summed E-state index contributed by atoms with van der Waals surface area (Å²) in [7, 11) is 2.19. The number of ether oxygens (including phenoxy) is 1. The summed E-state index contributed by atoms with van der Waals surface area (Å²) in [5, 5.41) is 6.96. The monoisotopic (exact) mass is 325 g/mol. The molecule has 2 N–H and O–H groups in total. The lowest BCUT2D eigenvalue weighted by Gasteiger charge is -2.36. The third kappa shape index (κ3) is 6.68. The molecule has 2 fully saturated rings. The van der Waals surface area contributed by atoms with Crippen LogP contribution in [0.3, 0.4) is 0 Å². The van der Waals surface area contributed by atoms with Crippen molar-refractivity contribution in [2.45, 2.75) is 89.4 Å². The van der Waals surface area contributed by atoms with Crippen molar-refractivity contribution in [3.05, 3.63) is 0 Å². The number of hydrogen-bond acceptors (Lipinski definition) is 4. The number of rotatable bonds is 3. The molecule has 0 radical (unpaired) electrons. The van der Waals surface area contributed by atoms with E-state index in [-0.39, 0.29) is 12.1 Å². The standard InChI is InChI=1S/C18H35N3O2/c1-18(2,3)23-17(22)20-16-11-7-5-6-10-15(16)19-14-9-8-12-21(4)13-14/h14-16,19H,5-13H2,1-4H3,(H,20,22). The first kappa shape index (κ1) is 18.5. The summed E-state index contributed by atoms with van der Waals surface area (Å²) in [4.78, 5) is 14.6. The van der Waals surface area contributed by atoms with Crippen LogP contribution in [-0.4, -0.2) is 54.9 Å². The lowest BCUT2D eigenvalue weighted by atomic mass is 9.99. The number of carbonyl (C=O) groups excluding carboxylic acids is 1. The zero-order chi connectivity index (χ0) is 16.9. The fraction of sp³-hybridized carbons (Fsp3) is 0.944. The van der Waals surface area contributed by atoms with E-state index in [2.05, 4.69) is 22.6 Å². The van der Waals surface area contributed by atoms with Crippen molar-refractivity contribution >= 4 is 6.09 Å². The number of alkyl carbamates (subject to hydrolysis) is 1. The Kier molecular flexibility index (Phi) is 6.72. The highest BCUT2D eigenvalue weighted by molar-refractivity contribution is 5.68. The Morgan fingerprint density at radius 2 is 1.74 bits per heavy atom. The number of nitrogens with zero attached hydrogens (tertiary/aromatic N) is 1. The van der Waals surface area contributed by atoms with Crippen molar-refractivity contribution in [3.8, 4) is 0 Å². The fourth-order valence-electron chi connectivity index (χ4n) is 3.74. The van der Waals surface area contributed by atoms with Crippen LogP contribution in [0.1, 0.15) is 65.7 Å². The third-order valence-electron chi connectivity index (χ3n) is 4.79. The maximum Gasteiger partial charge on any atom is 0.407 e. The molecule has 1 aliphatic carbocycles. The lowest BCUT2D eigenvalue weighted by molar-refractivity contribution is 0.0485. The maximum atomic E-state index is 12.2. The van der Waals surface area contributed by atoms with Gasteiger partial charge in [0, 0.05) is 24.7 Å². The predicted molar refractivity (Wildman–Crippen MR) is 93.7 cm³/mol. The molecule has 1 aliphatic heterocycles. The topological polar surface area (TPSA) is 53.6 Å². The summed E-state index contributed by atoms with van der Waals surface area (Å²) in [6.45, 7) is 8.03. The van der Waals surface area contributed by atoms with Gasteiger partial charge in [-0.2, -0.15) is 0 Å². The van der Waals surface area contributed by atoms with Gasteiger partial charge >= 0.3 is 6.09 Å². The molecule has 0 spiro atoms. The van der Waals surface area contributed by atoms with Crippen LogP contribution in [0.15, 0.2) is 0 Å². The molecule has 1 amide bonds. The first-order chi connectivity index (χ1) is 10.8. The van der Waals surface area contributed by atoms with Crippen LogP contribution < -0.4 is 10.6 Å². The van der Waals surface area contributed by atoms with Gasteiger partial charge in [-0.25, -0.2) is 4.79 Å². The molecule has 23 heavy (non-hydrogen) atoms. The minimum atomic E-state index is -0.441. The fourth-order valence-corrected chi connectivity index (χ4v) is 3.74. The molecule has 2 rings (SSSR count). The second kappa shape index (κ2) is 8.34. The molecule has 1 saturated heterocycles. The van der Waals surface area contributed by atoms with Crippen molar-refractivity contribution in [3.63, 3.8) is 0 Å². The van der Waals surface area contributed by atoms with Gasteiger partial charge in [0.1, 0.15) is 5.60 Å². The summed E-state index contributed by atoms with van der Waals surface area (Å²) >= 11 is 0. The first-order valence-corrected chi connectivity index (χ1v) is 9.27. The zero-order valence-electron chi connectivity index (χ0n) is 15.4. The van der Waals surface area contributed by atoms with Crippen LogP contribution in [-0.2, 0) is 4.74 Å². The average Bonchev–Trinajstić information content (AvgIpc) is 2.62. The van der Waals surface area contributed by atoms with E-state index in [4.69, 9.17) is 4.74 Å². The maximum absolute atomic E-state index is 12.2. The smallest absolute Gasteiger partial charge is 0.407 e. The van der Waals surface area contributed by atoms with Gasteiger partial charge in [0.05, 0.1) is 0 Å². The average molecular weight is 325 g/mol. The highest BCUT2D eigenvalue weighted by Crippen LogP contribution is 2.21. The molecule has 0 aromatic carbocycles. The molecule has 5 nitrogen and oxygen atoms in total. The van der Waals surface area contributed by atoms with Gasteiger partial charge in [-0.15, -0.1) is 0 Å². The van der Waals surface area contributed by atoms with Crippen LogP contribution in [0, 0.1) is 0 Å². The molecule has 1 heterocycles. The van der Waals surface area contributed by atoms with E-state index >= 15 is 0 Å². The van der Waals surface area contributed by atoms with E-state index in [0.29, 0.717) is 12.1 Å². The van der Waals surface area contributed by atoms with Crippen LogP contribution in [0.2, 0.25) is 0 Å². The van der Waals surface area contributed by atoms with Crippen molar-refractivity contribution in [2.24, 2.45) is 0 Å². The molecule has 5 heteroatoms. The largest absolute Gasteiger partial charge is 0.444 e. The van der Waals surface area contributed by atoms with Gasteiger partial charge in [-0.05, 0) is 60.0 Å². The highest BCUT2D eigenvalue weighted by atomic mass is 16.6. The number of piperidine rings is 1. The third-order valence-corrected chi connectivity index (χ3v) is 4.79. The Morgan fingerprint density at radius 3 is 2.39 bits per heavy atom. The van der Waals surface area contributed by atoms with Crippen molar-refractivity contribution in [1.29, 1.82) is 0 Å². The number of hydrogen-bond donors (Lipinski definition) is 2. The normalized spacial score (nSPS) is 30.5. The molecule has 1 saturated carbocycles. The summed E-state index contributed by atoms with van der Waals surface area (Å²) in [5.41, 5.74) is -0.441. The summed E-state index contributed by atoms with van der Waals surface area (Å²) in [6, 6.07) is 1.08. The Morgan fingerprint density at radius 1 is 1.04 bits per heavy atom. The van der Waals surface area contributed by atoms with Gasteiger partial charge in [0.15, 0.2) is 0 Å². The number of likely N-dealkylation sites (tertiary alicyclic amines) is 1. The molecule has 134 valence electrons. The van der Waals surface area contributed by atoms with Gasteiger partial charge in [-0.3, -0.25) is 0 Å². The SMILES string of the molecule is CN1CCCC(NC2CCCCCC2NC(=O)OC(C)(C)C)C1. The molecular weight excluding hydrogens is 290 g/mol. The van der Waals surface area contributed by atoms with Gasteiger partial charge < -0.3 is 20.3 Å². The quantitative estimate of drug-likeness (QED) is 0.784. The van der Waals surface area contributed by atoms with Gasteiger partial charge in [0.25, 0.3) is 0 Å². The van der Waals surface area contributed by atoms with E-state index in [1.807, 2.05) is 20.8 Å². The Labute approximate surface area is 141 Å². The first-order valence-electron chi connectivity index (χ1n) is 9.27. The van der Waals surface area contributed by atoms with Crippen LogP contribution in [0.5, 0.6) is 0 Å². The molecular formula is C18H35N3O2. The Bertz CT molecular complexity index is 381. The van der Waals surface area contributed by atoms with Crippen molar-refractivity contribution in [2.75, 3.05) is 20.1 Å². The van der Waals surface area contributed by atoms with Crippen LogP contribution >= 0.6 is 0 Å². The second-order valence-corrected chi connectivity index (χ2v) is 8.27. The summed E-state index contributed by atoms with van der Waals surface area (Å²) in [5.74, 6) is 0. The van der Waals surface area contributed by atoms with E-state index in [9.17, 15) is 4.79 Å². The number of nitrogens with one attached hydrogen (secondary N) is 2.